The second kappa shape index (κ2) is 8.40. The number of benzene rings is 3. The molecule has 3 aromatic carbocycles. The second-order valence-corrected chi connectivity index (χ2v) is 6.74. The Labute approximate surface area is 165 Å². The van der Waals surface area contributed by atoms with Crippen LogP contribution in [0.25, 0.3) is 5.69 Å². The van der Waals surface area contributed by atoms with Gasteiger partial charge in [0.25, 0.3) is 5.91 Å². The number of hydrogen-bond acceptors (Lipinski definition) is 1. The summed E-state index contributed by atoms with van der Waals surface area (Å²) in [7, 11) is 0. The maximum atomic E-state index is 13.6. The quantitative estimate of drug-likeness (QED) is 0.453. The van der Waals surface area contributed by atoms with Crippen molar-refractivity contribution in [3.63, 3.8) is 0 Å². The first kappa shape index (κ1) is 17.8. The van der Waals surface area contributed by atoms with Crippen LogP contribution in [0.3, 0.4) is 0 Å². The lowest BCUT2D eigenvalue weighted by Crippen LogP contribution is -2.31. The van der Waals surface area contributed by atoms with E-state index in [-0.39, 0.29) is 5.91 Å². The monoisotopic (exact) mass is 366 g/mol. The van der Waals surface area contributed by atoms with Crippen molar-refractivity contribution in [2.45, 2.75) is 13.1 Å². The summed E-state index contributed by atoms with van der Waals surface area (Å²) in [4.78, 5) is 15.5. The van der Waals surface area contributed by atoms with Crippen molar-refractivity contribution < 1.29 is 4.79 Å². The maximum Gasteiger partial charge on any atom is 0.256 e. The van der Waals surface area contributed by atoms with E-state index < -0.39 is 0 Å². The third-order valence-corrected chi connectivity index (χ3v) is 4.74. The van der Waals surface area contributed by atoms with Gasteiger partial charge < -0.3 is 9.47 Å². The smallest absolute Gasteiger partial charge is 0.256 e. The molecule has 0 radical (unpaired) electrons. The highest BCUT2D eigenvalue weighted by Gasteiger charge is 2.20. The minimum atomic E-state index is 0.0250. The Morgan fingerprint density at radius 1 is 0.643 bits per heavy atom. The van der Waals surface area contributed by atoms with Crippen molar-refractivity contribution in [2.24, 2.45) is 0 Å². The third kappa shape index (κ3) is 4.04. The van der Waals surface area contributed by atoms with Gasteiger partial charge in [0.2, 0.25) is 0 Å². The first-order chi connectivity index (χ1) is 13.8. The highest BCUT2D eigenvalue weighted by atomic mass is 16.2. The van der Waals surface area contributed by atoms with E-state index >= 15 is 0 Å². The van der Waals surface area contributed by atoms with Crippen LogP contribution in [0, 0.1) is 0 Å². The van der Waals surface area contributed by atoms with Gasteiger partial charge in [0.05, 0.1) is 11.3 Å². The molecule has 28 heavy (non-hydrogen) atoms. The van der Waals surface area contributed by atoms with Gasteiger partial charge >= 0.3 is 0 Å². The predicted molar refractivity (Wildman–Crippen MR) is 112 cm³/mol. The van der Waals surface area contributed by atoms with Gasteiger partial charge in [-0.3, -0.25) is 4.79 Å². The van der Waals surface area contributed by atoms with Crippen molar-refractivity contribution in [2.75, 3.05) is 0 Å². The molecule has 3 nitrogen and oxygen atoms in total. The molecule has 3 heteroatoms. The Bertz CT molecular complexity index is 983. The summed E-state index contributed by atoms with van der Waals surface area (Å²) in [5.74, 6) is 0.0250. The number of carbonyl (C=O) groups excluding carboxylic acids is 1. The van der Waals surface area contributed by atoms with Gasteiger partial charge in [-0.1, -0.05) is 72.8 Å². The molecule has 0 aliphatic heterocycles. The molecule has 4 rings (SSSR count). The molecule has 0 atom stereocenters. The predicted octanol–water partition coefficient (Wildman–Crippen LogP) is 5.32. The Morgan fingerprint density at radius 3 is 1.71 bits per heavy atom. The Balaban J connectivity index is 1.69. The lowest BCUT2D eigenvalue weighted by Gasteiger charge is -2.24. The summed E-state index contributed by atoms with van der Waals surface area (Å²) >= 11 is 0. The fraction of sp³-hybridized carbons (Fsp3) is 0.0800. The van der Waals surface area contributed by atoms with E-state index in [0.717, 1.165) is 16.8 Å². The molecule has 0 N–H and O–H groups in total. The number of carbonyl (C=O) groups is 1. The molecule has 0 bridgehead atoms. The third-order valence-electron chi connectivity index (χ3n) is 4.74. The van der Waals surface area contributed by atoms with Gasteiger partial charge in [-0.2, -0.15) is 0 Å². The second-order valence-electron chi connectivity index (χ2n) is 6.74. The maximum absolute atomic E-state index is 13.6. The summed E-state index contributed by atoms with van der Waals surface area (Å²) in [6.45, 7) is 1.13. The van der Waals surface area contributed by atoms with Crippen LogP contribution in [0.1, 0.15) is 21.5 Å². The van der Waals surface area contributed by atoms with Crippen molar-refractivity contribution >= 4 is 5.91 Å². The number of hydrogen-bond donors (Lipinski definition) is 0. The average molecular weight is 366 g/mol. The molecule has 4 aromatic rings. The van der Waals surface area contributed by atoms with Gasteiger partial charge in [0.15, 0.2) is 0 Å². The zero-order chi connectivity index (χ0) is 19.2. The fourth-order valence-electron chi connectivity index (χ4n) is 3.35. The minimum Gasteiger partial charge on any atom is -0.330 e. The van der Waals surface area contributed by atoms with Crippen molar-refractivity contribution in [3.8, 4) is 5.69 Å². The summed E-state index contributed by atoms with van der Waals surface area (Å²) in [5.41, 5.74) is 3.82. The Morgan fingerprint density at radius 2 is 1.14 bits per heavy atom. The lowest BCUT2D eigenvalue weighted by molar-refractivity contribution is 0.0730. The van der Waals surface area contributed by atoms with Gasteiger partial charge in [-0.05, 0) is 35.4 Å². The van der Waals surface area contributed by atoms with Crippen molar-refractivity contribution in [1.82, 2.24) is 9.47 Å². The van der Waals surface area contributed by atoms with Crippen LogP contribution in [-0.2, 0) is 13.1 Å². The topological polar surface area (TPSA) is 25.2 Å². The normalized spacial score (nSPS) is 10.6. The molecule has 0 fully saturated rings. The largest absolute Gasteiger partial charge is 0.330 e. The zero-order valence-corrected chi connectivity index (χ0v) is 15.6. The van der Waals surface area contributed by atoms with Gasteiger partial charge in [-0.15, -0.1) is 0 Å². The first-order valence-corrected chi connectivity index (χ1v) is 9.41. The molecular formula is C25H22N2O. The number of rotatable bonds is 6. The molecule has 1 amide bonds. The molecule has 0 spiro atoms. The van der Waals surface area contributed by atoms with E-state index in [1.165, 1.54) is 0 Å². The zero-order valence-electron chi connectivity index (χ0n) is 15.6. The number of amides is 1. The highest BCUT2D eigenvalue weighted by Crippen LogP contribution is 2.20. The van der Waals surface area contributed by atoms with E-state index in [1.807, 2.05) is 94.7 Å². The molecule has 1 heterocycles. The van der Waals surface area contributed by atoms with Crippen LogP contribution in [-0.4, -0.2) is 15.4 Å². The van der Waals surface area contributed by atoms with Gasteiger partial charge in [-0.25, -0.2) is 0 Å². The number of nitrogens with zero attached hydrogens (tertiary/aromatic N) is 2. The van der Waals surface area contributed by atoms with Gasteiger partial charge in [0.1, 0.15) is 0 Å². The number of para-hydroxylation sites is 1. The molecule has 0 saturated carbocycles. The Hall–Kier alpha value is -3.59. The summed E-state index contributed by atoms with van der Waals surface area (Å²) < 4.78 is 1.98. The molecule has 0 unspecified atom stereocenters. The molecule has 138 valence electrons. The fourth-order valence-corrected chi connectivity index (χ4v) is 3.35. The molecule has 0 saturated heterocycles. The van der Waals surface area contributed by atoms with E-state index in [9.17, 15) is 4.79 Å². The standard InChI is InChI=1S/C25H22N2O/c28-25(23-15-7-8-16-24(23)26-17-9-10-18-26)27(19-21-11-3-1-4-12-21)20-22-13-5-2-6-14-22/h1-18H,19-20H2. The Kier molecular flexibility index (Phi) is 5.34. The minimum absolute atomic E-state index is 0.0250. The lowest BCUT2D eigenvalue weighted by atomic mass is 10.1. The molecule has 0 aliphatic carbocycles. The van der Waals surface area contributed by atoms with E-state index in [4.69, 9.17) is 0 Å². The van der Waals surface area contributed by atoms with Gasteiger partial charge in [0, 0.05) is 25.5 Å². The highest BCUT2D eigenvalue weighted by molar-refractivity contribution is 5.97. The molecular weight excluding hydrogens is 344 g/mol. The van der Waals surface area contributed by atoms with E-state index in [2.05, 4.69) is 24.3 Å². The van der Waals surface area contributed by atoms with Crippen LogP contribution < -0.4 is 0 Å². The van der Waals surface area contributed by atoms with Crippen LogP contribution in [0.4, 0.5) is 0 Å². The summed E-state index contributed by atoms with van der Waals surface area (Å²) in [6.07, 6.45) is 3.93. The van der Waals surface area contributed by atoms with E-state index in [1.54, 1.807) is 0 Å². The van der Waals surface area contributed by atoms with Crippen molar-refractivity contribution in [1.29, 1.82) is 0 Å². The van der Waals surface area contributed by atoms with Crippen LogP contribution >= 0.6 is 0 Å². The average Bonchev–Trinajstić information content (AvgIpc) is 3.29. The van der Waals surface area contributed by atoms with Crippen LogP contribution in [0.5, 0.6) is 0 Å². The summed E-state index contributed by atoms with van der Waals surface area (Å²) in [6, 6.07) is 32.0. The molecule has 1 aromatic heterocycles. The first-order valence-electron chi connectivity index (χ1n) is 9.41. The SMILES string of the molecule is O=C(c1ccccc1-n1cccc1)N(Cc1ccccc1)Cc1ccccc1. The van der Waals surface area contributed by atoms with Crippen LogP contribution in [0.15, 0.2) is 109 Å². The molecule has 0 aliphatic rings. The van der Waals surface area contributed by atoms with E-state index in [0.29, 0.717) is 18.7 Å². The van der Waals surface area contributed by atoms with Crippen LogP contribution in [0.2, 0.25) is 0 Å². The number of aromatic nitrogens is 1. The summed E-state index contributed by atoms with van der Waals surface area (Å²) in [5, 5.41) is 0. The van der Waals surface area contributed by atoms with Crippen molar-refractivity contribution in [3.05, 3.63) is 126 Å².